The molecule has 2 fully saturated rings. The number of methoxy groups -OCH3 is 3. The molecule has 0 amide bonds. The van der Waals surface area contributed by atoms with Gasteiger partial charge in [0.1, 0.15) is 23.3 Å². The van der Waals surface area contributed by atoms with Crippen molar-refractivity contribution in [3.8, 4) is 17.2 Å². The summed E-state index contributed by atoms with van der Waals surface area (Å²) in [5.41, 5.74) is 0.700. The fraction of sp³-hybridized carbons (Fsp3) is 0.500. The fourth-order valence-electron chi connectivity index (χ4n) is 4.66. The second-order valence-corrected chi connectivity index (χ2v) is 9.88. The molecule has 3 aromatic rings. The maximum atomic E-state index is 13.4. The highest BCUT2D eigenvalue weighted by atomic mass is 32.2. The van der Waals surface area contributed by atoms with Gasteiger partial charge in [-0.2, -0.15) is 0 Å². The van der Waals surface area contributed by atoms with Crippen molar-refractivity contribution in [3.63, 3.8) is 0 Å². The minimum Gasteiger partial charge on any atom is -0.494 e. The quantitative estimate of drug-likeness (QED) is 0.410. The predicted octanol–water partition coefficient (Wildman–Crippen LogP) is 3.42. The van der Waals surface area contributed by atoms with Crippen LogP contribution in [0.2, 0.25) is 0 Å². The molecule has 2 aliphatic rings. The van der Waals surface area contributed by atoms with Gasteiger partial charge in [-0.3, -0.25) is 9.29 Å². The van der Waals surface area contributed by atoms with Gasteiger partial charge in [-0.1, -0.05) is 6.07 Å². The zero-order valence-electron chi connectivity index (χ0n) is 21.0. The standard InChI is InChI=1S/C24H30FN7O4S/c1-33-16-10-17(14-31(13-16)23-26-11-15(25)12-27-23)37-30-24-29-28-22(20-8-5-9-36-20)32(24)21-18(34-2)6-4-7-19(21)35-3/h4,6-7,11-12,16-17,20H,5,8-10,13-14H2,1-3H3,(H,29,30). The summed E-state index contributed by atoms with van der Waals surface area (Å²) in [6.45, 7) is 1.95. The second kappa shape index (κ2) is 11.5. The Hall–Kier alpha value is -3.16. The van der Waals surface area contributed by atoms with Crippen molar-refractivity contribution < 1.29 is 23.3 Å². The number of nitrogens with one attached hydrogen (secondary N) is 1. The van der Waals surface area contributed by atoms with Crippen LogP contribution in [-0.2, 0) is 9.47 Å². The smallest absolute Gasteiger partial charge is 0.239 e. The second-order valence-electron chi connectivity index (χ2n) is 8.77. The van der Waals surface area contributed by atoms with E-state index in [-0.39, 0.29) is 17.5 Å². The molecule has 0 spiro atoms. The number of rotatable bonds is 9. The highest BCUT2D eigenvalue weighted by Crippen LogP contribution is 2.39. The maximum absolute atomic E-state index is 13.4. The average Bonchev–Trinajstić information content (AvgIpc) is 3.61. The number of para-hydroxylation sites is 1. The molecule has 2 saturated heterocycles. The Balaban J connectivity index is 1.42. The van der Waals surface area contributed by atoms with E-state index in [4.69, 9.17) is 18.9 Å². The molecule has 3 atom stereocenters. The van der Waals surface area contributed by atoms with Crippen LogP contribution in [0.25, 0.3) is 5.69 Å². The van der Waals surface area contributed by atoms with E-state index in [0.717, 1.165) is 19.3 Å². The molecule has 1 aromatic carbocycles. The summed E-state index contributed by atoms with van der Waals surface area (Å²) in [7, 11) is 4.93. The number of hydrogen-bond donors (Lipinski definition) is 1. The van der Waals surface area contributed by atoms with E-state index in [0.29, 0.717) is 54.6 Å². The lowest BCUT2D eigenvalue weighted by Gasteiger charge is -2.36. The van der Waals surface area contributed by atoms with Crippen LogP contribution in [0.15, 0.2) is 30.6 Å². The van der Waals surface area contributed by atoms with E-state index in [1.807, 2.05) is 27.7 Å². The Kier molecular flexibility index (Phi) is 7.91. The molecule has 11 nitrogen and oxygen atoms in total. The van der Waals surface area contributed by atoms with E-state index >= 15 is 0 Å². The van der Waals surface area contributed by atoms with Crippen LogP contribution in [0.3, 0.4) is 0 Å². The highest BCUT2D eigenvalue weighted by molar-refractivity contribution is 8.01. The molecule has 5 rings (SSSR count). The van der Waals surface area contributed by atoms with Gasteiger partial charge in [-0.25, -0.2) is 14.4 Å². The van der Waals surface area contributed by atoms with Crippen molar-refractivity contribution in [2.75, 3.05) is 50.6 Å². The highest BCUT2D eigenvalue weighted by Gasteiger charge is 2.32. The Morgan fingerprint density at radius 2 is 1.84 bits per heavy atom. The molecule has 0 aliphatic carbocycles. The first kappa shape index (κ1) is 25.5. The largest absolute Gasteiger partial charge is 0.494 e. The number of hydrogen-bond acceptors (Lipinski definition) is 11. The molecule has 1 N–H and O–H groups in total. The van der Waals surface area contributed by atoms with E-state index < -0.39 is 5.82 Å². The number of benzene rings is 1. The fourth-order valence-corrected chi connectivity index (χ4v) is 5.63. The predicted molar refractivity (Wildman–Crippen MR) is 137 cm³/mol. The van der Waals surface area contributed by atoms with Crippen LogP contribution in [0.1, 0.15) is 31.2 Å². The number of piperidine rings is 1. The van der Waals surface area contributed by atoms with Gasteiger partial charge in [0.15, 0.2) is 11.6 Å². The van der Waals surface area contributed by atoms with Gasteiger partial charge >= 0.3 is 0 Å². The number of aromatic nitrogens is 5. The van der Waals surface area contributed by atoms with E-state index in [1.165, 1.54) is 24.3 Å². The molecule has 13 heteroatoms. The molecule has 198 valence electrons. The van der Waals surface area contributed by atoms with Gasteiger partial charge in [-0.15, -0.1) is 10.2 Å². The Morgan fingerprint density at radius 1 is 1.08 bits per heavy atom. The Bertz CT molecular complexity index is 1170. The van der Waals surface area contributed by atoms with Crippen LogP contribution >= 0.6 is 11.9 Å². The summed E-state index contributed by atoms with van der Waals surface area (Å²) in [5.74, 6) is 2.47. The topological polar surface area (TPSA) is 109 Å². The van der Waals surface area contributed by atoms with Crippen molar-refractivity contribution in [1.29, 1.82) is 0 Å². The first-order valence-electron chi connectivity index (χ1n) is 12.1. The first-order valence-corrected chi connectivity index (χ1v) is 12.9. The molecule has 37 heavy (non-hydrogen) atoms. The third-order valence-electron chi connectivity index (χ3n) is 6.44. The molecule has 3 unspecified atom stereocenters. The molecule has 0 radical (unpaired) electrons. The SMILES string of the molecule is COc1cccc(OC)c1-n1c(NSC2CC(OC)CN(c3ncc(F)cn3)C2)nnc1C1CCCO1. The van der Waals surface area contributed by atoms with Gasteiger partial charge in [0, 0.05) is 32.1 Å². The number of ether oxygens (including phenoxy) is 4. The molecule has 0 bridgehead atoms. The van der Waals surface area contributed by atoms with Crippen molar-refractivity contribution in [3.05, 3.63) is 42.2 Å². The summed E-state index contributed by atoms with van der Waals surface area (Å²) in [6.07, 6.45) is 4.76. The first-order chi connectivity index (χ1) is 18.1. The van der Waals surface area contributed by atoms with Crippen LogP contribution in [0.5, 0.6) is 11.5 Å². The van der Waals surface area contributed by atoms with Crippen molar-refractivity contribution in [2.24, 2.45) is 0 Å². The average molecular weight is 532 g/mol. The Labute approximate surface area is 218 Å². The van der Waals surface area contributed by atoms with Gasteiger partial charge in [0.25, 0.3) is 0 Å². The summed E-state index contributed by atoms with van der Waals surface area (Å²) in [5, 5.41) is 9.08. The third-order valence-corrected chi connectivity index (χ3v) is 7.42. The molecule has 2 aliphatic heterocycles. The lowest BCUT2D eigenvalue weighted by Crippen LogP contribution is -2.46. The molecule has 4 heterocycles. The third kappa shape index (κ3) is 5.43. The van der Waals surface area contributed by atoms with Crippen molar-refractivity contribution >= 4 is 23.8 Å². The minimum absolute atomic E-state index is 0.0312. The number of nitrogens with zero attached hydrogens (tertiary/aromatic N) is 6. The van der Waals surface area contributed by atoms with Gasteiger partial charge in [0.2, 0.25) is 11.9 Å². The number of anilines is 2. The van der Waals surface area contributed by atoms with Gasteiger partial charge in [-0.05, 0) is 43.3 Å². The maximum Gasteiger partial charge on any atom is 0.239 e. The molecular weight excluding hydrogens is 501 g/mol. The monoisotopic (exact) mass is 531 g/mol. The van der Waals surface area contributed by atoms with Crippen LogP contribution in [-0.4, -0.2) is 77.1 Å². The zero-order chi connectivity index (χ0) is 25.8. The van der Waals surface area contributed by atoms with Crippen LogP contribution in [0, 0.1) is 5.82 Å². The summed E-state index contributed by atoms with van der Waals surface area (Å²) >= 11 is 1.52. The molecule has 0 saturated carbocycles. The Morgan fingerprint density at radius 3 is 2.49 bits per heavy atom. The van der Waals surface area contributed by atoms with Gasteiger partial charge < -0.3 is 23.8 Å². The van der Waals surface area contributed by atoms with E-state index in [2.05, 4.69) is 24.9 Å². The molecular formula is C24H30FN7O4S. The normalized spacial score (nSPS) is 21.7. The molecule has 2 aromatic heterocycles. The number of halogens is 1. The summed E-state index contributed by atoms with van der Waals surface area (Å²) in [6, 6.07) is 5.62. The van der Waals surface area contributed by atoms with E-state index in [1.54, 1.807) is 21.3 Å². The van der Waals surface area contributed by atoms with E-state index in [9.17, 15) is 4.39 Å². The lowest BCUT2D eigenvalue weighted by atomic mass is 10.1. The van der Waals surface area contributed by atoms with Crippen LogP contribution in [0.4, 0.5) is 16.3 Å². The minimum atomic E-state index is -0.468. The van der Waals surface area contributed by atoms with Gasteiger partial charge in [0.05, 0.1) is 32.7 Å². The van der Waals surface area contributed by atoms with Crippen molar-refractivity contribution in [2.45, 2.75) is 36.7 Å². The summed E-state index contributed by atoms with van der Waals surface area (Å²) in [4.78, 5) is 10.3. The van der Waals surface area contributed by atoms with Crippen molar-refractivity contribution in [1.82, 2.24) is 24.7 Å². The summed E-state index contributed by atoms with van der Waals surface area (Å²) < 4.78 is 41.7. The van der Waals surface area contributed by atoms with Crippen LogP contribution < -0.4 is 19.1 Å². The lowest BCUT2D eigenvalue weighted by molar-refractivity contribution is 0.0907. The zero-order valence-corrected chi connectivity index (χ0v) is 21.8.